The van der Waals surface area contributed by atoms with Gasteiger partial charge in [0, 0.05) is 22.2 Å². The van der Waals surface area contributed by atoms with Crippen molar-refractivity contribution in [1.29, 1.82) is 0 Å². The fraction of sp³-hybridized carbons (Fsp3) is 0.952. The van der Waals surface area contributed by atoms with Gasteiger partial charge in [0.25, 0.3) is 0 Å². The fourth-order valence-corrected chi connectivity index (χ4v) is 12.9. The highest BCUT2D eigenvalue weighted by atomic mass is 16.7. The normalized spacial score (nSPS) is 48.9. The van der Waals surface area contributed by atoms with E-state index in [0.717, 1.165) is 24.8 Å². The molecule has 2 aliphatic heterocycles. The Balaban J connectivity index is 1.19. The summed E-state index contributed by atoms with van der Waals surface area (Å²) in [5.41, 5.74) is -1.94. The van der Waals surface area contributed by atoms with E-state index in [1.165, 1.54) is 0 Å². The maximum atomic E-state index is 13.3. The van der Waals surface area contributed by atoms with Gasteiger partial charge in [-0.2, -0.15) is 0 Å². The third-order valence-electron chi connectivity index (χ3n) is 16.8. The van der Waals surface area contributed by atoms with Crippen LogP contribution in [0.1, 0.15) is 107 Å². The molecule has 0 bridgehead atoms. The molecular formula is C42H71NO15. The number of nitrogens with zero attached hydrogens (tertiary/aromatic N) is 1. The van der Waals surface area contributed by atoms with E-state index in [1.54, 1.807) is 13.8 Å². The van der Waals surface area contributed by atoms with Crippen molar-refractivity contribution >= 4 is 0 Å². The van der Waals surface area contributed by atoms with E-state index in [9.17, 15) is 56.1 Å². The SMILES string of the molecule is C[C@H](CC[C@@H](O)C(C)(C)O)C1CC[C@@]2(C)C3CC=C4C(CC[C@H](O[C@@H]5O[C@H](CO[C@@H]6O[C@H](CO)[C@@H](O)[C@H](O)[C@H]6O)[C@@H](O)[C@H](O)[C@H]5O)C4(C)C)[C@]3(C)[C@H]([N+](=O)[O-])C[C@]12C. The lowest BCUT2D eigenvalue weighted by atomic mass is 9.37. The summed E-state index contributed by atoms with van der Waals surface area (Å²) in [5.74, 6) is 0.366. The molecule has 0 spiro atoms. The van der Waals surface area contributed by atoms with Gasteiger partial charge in [0.15, 0.2) is 12.6 Å². The standard InChI is InChI=1S/C42H71NO15/c1-20(9-13-28(45)39(4,5)52)21-15-16-40(6)26-12-10-22-23(42(26,8)27(43(53)54)17-41(21,40)7)11-14-29(38(22,2)3)58-37-35(51)33(49)31(47)25(57-37)19-55-36-34(50)32(48)30(46)24(18-44)56-36/h10,20-21,23-37,44-52H,9,11-19H2,1-8H3/t20-,21?,23?,24-,25-,26?,27-,28-,29+,30-,31-,32+,33+,34-,35-,36-,37+,40+,41-,42+/m1/s1. The Morgan fingerprint density at radius 2 is 1.48 bits per heavy atom. The molecule has 20 atom stereocenters. The van der Waals surface area contributed by atoms with E-state index in [-0.39, 0.29) is 39.4 Å². The molecule has 2 saturated heterocycles. The summed E-state index contributed by atoms with van der Waals surface area (Å²) < 4.78 is 23.5. The summed E-state index contributed by atoms with van der Waals surface area (Å²) in [6, 6.07) is -0.795. The molecule has 4 aliphatic carbocycles. The van der Waals surface area contributed by atoms with Gasteiger partial charge in [-0.15, -0.1) is 0 Å². The topological polar surface area (TPSA) is 262 Å². The molecule has 3 unspecified atom stereocenters. The quantitative estimate of drug-likeness (QED) is 0.0765. The molecular weight excluding hydrogens is 758 g/mol. The van der Waals surface area contributed by atoms with Gasteiger partial charge >= 0.3 is 0 Å². The van der Waals surface area contributed by atoms with Gasteiger partial charge in [0.2, 0.25) is 6.04 Å². The van der Waals surface area contributed by atoms with Crippen molar-refractivity contribution in [2.24, 2.45) is 45.3 Å². The Morgan fingerprint density at radius 3 is 2.09 bits per heavy atom. The summed E-state index contributed by atoms with van der Waals surface area (Å²) in [5, 5.41) is 107. The highest BCUT2D eigenvalue weighted by Crippen LogP contribution is 2.75. The van der Waals surface area contributed by atoms with E-state index in [0.29, 0.717) is 32.1 Å². The molecule has 0 amide bonds. The minimum Gasteiger partial charge on any atom is -0.394 e. The molecule has 334 valence electrons. The van der Waals surface area contributed by atoms with Crippen molar-refractivity contribution in [2.45, 2.75) is 192 Å². The number of ether oxygens (including phenoxy) is 4. The van der Waals surface area contributed by atoms with Crippen LogP contribution in [0, 0.1) is 55.4 Å². The lowest BCUT2D eigenvalue weighted by molar-refractivity contribution is -0.561. The van der Waals surface area contributed by atoms with Crippen molar-refractivity contribution in [3.63, 3.8) is 0 Å². The smallest absolute Gasteiger partial charge is 0.219 e. The van der Waals surface area contributed by atoms with Crippen LogP contribution in [0.3, 0.4) is 0 Å². The third kappa shape index (κ3) is 7.51. The maximum absolute atomic E-state index is 13.3. The Kier molecular flexibility index (Phi) is 13.0. The number of allylic oxidation sites excluding steroid dienone is 1. The van der Waals surface area contributed by atoms with Gasteiger partial charge in [0.05, 0.1) is 31.0 Å². The minimum absolute atomic E-state index is 0.0416. The van der Waals surface area contributed by atoms with E-state index in [2.05, 4.69) is 33.8 Å². The first-order chi connectivity index (χ1) is 26.9. The van der Waals surface area contributed by atoms with E-state index in [4.69, 9.17) is 18.9 Å². The van der Waals surface area contributed by atoms with Gasteiger partial charge in [-0.3, -0.25) is 10.1 Å². The van der Waals surface area contributed by atoms with Crippen LogP contribution >= 0.6 is 0 Å². The zero-order valence-corrected chi connectivity index (χ0v) is 35.4. The largest absolute Gasteiger partial charge is 0.394 e. The van der Waals surface area contributed by atoms with Crippen LogP contribution in [-0.2, 0) is 18.9 Å². The molecule has 16 nitrogen and oxygen atoms in total. The molecule has 3 saturated carbocycles. The van der Waals surface area contributed by atoms with Crippen LogP contribution < -0.4 is 0 Å². The van der Waals surface area contributed by atoms with Crippen molar-refractivity contribution in [2.75, 3.05) is 13.2 Å². The zero-order valence-electron chi connectivity index (χ0n) is 35.4. The van der Waals surface area contributed by atoms with Crippen LogP contribution in [-0.4, -0.2) is 149 Å². The van der Waals surface area contributed by atoms with Gasteiger partial charge in [0.1, 0.15) is 48.8 Å². The van der Waals surface area contributed by atoms with Crippen molar-refractivity contribution in [3.8, 4) is 0 Å². The van der Waals surface area contributed by atoms with E-state index >= 15 is 0 Å². The number of rotatable bonds is 12. The summed E-state index contributed by atoms with van der Waals surface area (Å²) in [7, 11) is 0. The second-order valence-electron chi connectivity index (χ2n) is 20.5. The average Bonchev–Trinajstić information content (AvgIpc) is 3.43. The molecule has 0 radical (unpaired) electrons. The minimum atomic E-state index is -1.70. The predicted octanol–water partition coefficient (Wildman–Crippen LogP) is 1.40. The van der Waals surface area contributed by atoms with Crippen molar-refractivity contribution < 1.29 is 69.8 Å². The van der Waals surface area contributed by atoms with Crippen LogP contribution in [0.25, 0.3) is 0 Å². The molecule has 58 heavy (non-hydrogen) atoms. The van der Waals surface area contributed by atoms with E-state index < -0.39 is 109 Å². The lowest BCUT2D eigenvalue weighted by Gasteiger charge is -2.66. The Hall–Kier alpha value is -1.38. The Bertz CT molecular complexity index is 1500. The molecule has 2 heterocycles. The third-order valence-corrected chi connectivity index (χ3v) is 16.8. The van der Waals surface area contributed by atoms with Crippen LogP contribution in [0.5, 0.6) is 0 Å². The maximum Gasteiger partial charge on any atom is 0.219 e. The average molecular weight is 830 g/mol. The van der Waals surface area contributed by atoms with Gasteiger partial charge in [-0.25, -0.2) is 0 Å². The number of fused-ring (bicyclic) bond motifs is 5. The summed E-state index contributed by atoms with van der Waals surface area (Å²) in [6.07, 6.45) is -9.19. The van der Waals surface area contributed by atoms with Gasteiger partial charge in [-0.1, -0.05) is 53.2 Å². The van der Waals surface area contributed by atoms with Crippen LogP contribution in [0.4, 0.5) is 0 Å². The monoisotopic (exact) mass is 829 g/mol. The highest BCUT2D eigenvalue weighted by Gasteiger charge is 2.73. The second-order valence-corrected chi connectivity index (χ2v) is 20.5. The number of hydrogen-bond donors (Lipinski definition) is 9. The van der Waals surface area contributed by atoms with Crippen LogP contribution in [0.15, 0.2) is 11.6 Å². The summed E-state index contributed by atoms with van der Waals surface area (Å²) in [6.45, 7) is 15.1. The number of aliphatic hydroxyl groups is 9. The lowest BCUT2D eigenvalue weighted by Crippen LogP contribution is -2.66. The summed E-state index contributed by atoms with van der Waals surface area (Å²) >= 11 is 0. The molecule has 6 aliphatic rings. The first-order valence-electron chi connectivity index (χ1n) is 21.4. The molecule has 6 rings (SSSR count). The van der Waals surface area contributed by atoms with E-state index in [1.807, 2.05) is 13.8 Å². The molecule has 0 aromatic rings. The molecule has 0 aromatic carbocycles. The Morgan fingerprint density at radius 1 is 0.879 bits per heavy atom. The number of nitro groups is 1. The Labute approximate surface area is 341 Å². The van der Waals surface area contributed by atoms with Crippen molar-refractivity contribution in [3.05, 3.63) is 21.8 Å². The highest BCUT2D eigenvalue weighted by molar-refractivity contribution is 5.32. The number of hydrogen-bond acceptors (Lipinski definition) is 15. The first kappa shape index (κ1) is 46.1. The first-order valence-corrected chi connectivity index (χ1v) is 21.4. The van der Waals surface area contributed by atoms with Gasteiger partial charge in [-0.05, 0) is 93.3 Å². The van der Waals surface area contributed by atoms with Crippen molar-refractivity contribution in [1.82, 2.24) is 0 Å². The molecule has 9 N–H and O–H groups in total. The number of aliphatic hydroxyl groups excluding tert-OH is 8. The predicted molar refractivity (Wildman–Crippen MR) is 207 cm³/mol. The molecule has 5 fully saturated rings. The zero-order chi connectivity index (χ0) is 43.1. The molecule has 0 aromatic heterocycles. The van der Waals surface area contributed by atoms with Crippen LogP contribution in [0.2, 0.25) is 0 Å². The van der Waals surface area contributed by atoms with Gasteiger partial charge < -0.3 is 64.9 Å². The fourth-order valence-electron chi connectivity index (χ4n) is 12.9. The molecule has 16 heteroatoms. The second kappa shape index (κ2) is 16.4. The summed E-state index contributed by atoms with van der Waals surface area (Å²) in [4.78, 5) is 13.3.